The topological polar surface area (TPSA) is 20.2 Å². The molecule has 0 fully saturated rings. The molecule has 1 nitrogen and oxygen atoms in total. The highest BCUT2D eigenvalue weighted by molar-refractivity contribution is 5.26. The number of hydrogen-bond donors (Lipinski definition) is 1. The van der Waals surface area contributed by atoms with Crippen molar-refractivity contribution in [1.29, 1.82) is 0 Å². The fourth-order valence-corrected chi connectivity index (χ4v) is 1.27. The number of hydrogen-bond acceptors (Lipinski definition) is 1. The minimum absolute atomic E-state index is 0.00463. The van der Waals surface area contributed by atoms with Gasteiger partial charge in [-0.25, -0.2) is 8.78 Å². The highest BCUT2D eigenvalue weighted by Gasteiger charge is 2.39. The Morgan fingerprint density at radius 3 is 2.07 bits per heavy atom. The Kier molecular flexibility index (Phi) is 2.88. The van der Waals surface area contributed by atoms with Crippen molar-refractivity contribution in [3.05, 3.63) is 35.4 Å². The summed E-state index contributed by atoms with van der Waals surface area (Å²) in [6.07, 6.45) is 0. The lowest BCUT2D eigenvalue weighted by molar-refractivity contribution is -0.0499. The first-order valence-electron chi connectivity index (χ1n) is 4.84. The first-order valence-corrected chi connectivity index (χ1v) is 4.84. The molecule has 15 heavy (non-hydrogen) atoms. The van der Waals surface area contributed by atoms with Crippen LogP contribution in [-0.4, -0.2) is 5.11 Å². The highest BCUT2D eigenvalue weighted by Crippen LogP contribution is 2.39. The highest BCUT2D eigenvalue weighted by atomic mass is 19.1. The summed E-state index contributed by atoms with van der Waals surface area (Å²) in [6, 6.07) is 3.11. The van der Waals surface area contributed by atoms with E-state index in [0.29, 0.717) is 0 Å². The molecule has 84 valence electrons. The molecule has 0 heterocycles. The molecular formula is C12H16F2O. The Morgan fingerprint density at radius 1 is 1.07 bits per heavy atom. The van der Waals surface area contributed by atoms with Gasteiger partial charge in [-0.15, -0.1) is 0 Å². The van der Waals surface area contributed by atoms with E-state index in [1.807, 2.05) is 0 Å². The van der Waals surface area contributed by atoms with Gasteiger partial charge in [0.2, 0.25) is 0 Å². The first-order chi connectivity index (χ1) is 6.66. The molecule has 1 atom stereocenters. The van der Waals surface area contributed by atoms with Crippen molar-refractivity contribution in [3.8, 4) is 0 Å². The molecule has 1 aromatic rings. The van der Waals surface area contributed by atoms with E-state index in [1.165, 1.54) is 6.92 Å². The van der Waals surface area contributed by atoms with Crippen LogP contribution >= 0.6 is 0 Å². The summed E-state index contributed by atoms with van der Waals surface area (Å²) in [7, 11) is 0. The van der Waals surface area contributed by atoms with Crippen molar-refractivity contribution < 1.29 is 13.9 Å². The van der Waals surface area contributed by atoms with Crippen molar-refractivity contribution in [3.63, 3.8) is 0 Å². The van der Waals surface area contributed by atoms with E-state index >= 15 is 0 Å². The third kappa shape index (κ3) is 2.17. The van der Waals surface area contributed by atoms with Crippen molar-refractivity contribution in [2.45, 2.75) is 33.3 Å². The Morgan fingerprint density at radius 2 is 1.60 bits per heavy atom. The van der Waals surface area contributed by atoms with Gasteiger partial charge < -0.3 is 5.11 Å². The molecule has 0 aliphatic heterocycles. The van der Waals surface area contributed by atoms with E-state index in [1.54, 1.807) is 20.8 Å². The smallest absolute Gasteiger partial charge is 0.129 e. The van der Waals surface area contributed by atoms with Crippen LogP contribution < -0.4 is 0 Å². The van der Waals surface area contributed by atoms with Crippen molar-refractivity contribution >= 4 is 0 Å². The van der Waals surface area contributed by atoms with E-state index in [-0.39, 0.29) is 5.56 Å². The van der Waals surface area contributed by atoms with Crippen LogP contribution in [0.1, 0.15) is 33.3 Å². The van der Waals surface area contributed by atoms with E-state index in [2.05, 4.69) is 0 Å². The van der Waals surface area contributed by atoms with Gasteiger partial charge in [-0.1, -0.05) is 20.8 Å². The summed E-state index contributed by atoms with van der Waals surface area (Å²) in [5.41, 5.74) is -1.98. The lowest BCUT2D eigenvalue weighted by Crippen LogP contribution is -2.37. The first kappa shape index (κ1) is 12.1. The molecule has 1 N–H and O–H groups in total. The largest absolute Gasteiger partial charge is 0.385 e. The number of benzene rings is 1. The molecule has 0 spiro atoms. The summed E-state index contributed by atoms with van der Waals surface area (Å²) in [5, 5.41) is 10.2. The molecule has 0 radical (unpaired) electrons. The van der Waals surface area contributed by atoms with Gasteiger partial charge in [0, 0.05) is 5.56 Å². The third-order valence-electron chi connectivity index (χ3n) is 2.91. The van der Waals surface area contributed by atoms with Crippen LogP contribution in [0.15, 0.2) is 18.2 Å². The lowest BCUT2D eigenvalue weighted by Gasteiger charge is -2.37. The zero-order valence-corrected chi connectivity index (χ0v) is 9.44. The van der Waals surface area contributed by atoms with E-state index < -0.39 is 22.7 Å². The molecule has 0 amide bonds. The number of rotatable bonds is 1. The van der Waals surface area contributed by atoms with Gasteiger partial charge in [0.15, 0.2) is 0 Å². The average molecular weight is 214 g/mol. The van der Waals surface area contributed by atoms with Crippen LogP contribution in [0.3, 0.4) is 0 Å². The van der Waals surface area contributed by atoms with Crippen LogP contribution in [-0.2, 0) is 5.60 Å². The van der Waals surface area contributed by atoms with Crippen LogP contribution in [0.4, 0.5) is 8.78 Å². The Balaban J connectivity index is 3.32. The van der Waals surface area contributed by atoms with Crippen LogP contribution in [0.25, 0.3) is 0 Å². The third-order valence-corrected chi connectivity index (χ3v) is 2.91. The minimum atomic E-state index is -1.40. The van der Waals surface area contributed by atoms with Crippen LogP contribution in [0.2, 0.25) is 0 Å². The SMILES string of the molecule is CC(C)(C)C(C)(O)c1cc(F)ccc1F. The molecule has 0 saturated carbocycles. The van der Waals surface area contributed by atoms with Crippen molar-refractivity contribution in [1.82, 2.24) is 0 Å². The fraction of sp³-hybridized carbons (Fsp3) is 0.500. The van der Waals surface area contributed by atoms with Crippen molar-refractivity contribution in [2.24, 2.45) is 5.41 Å². The second kappa shape index (κ2) is 3.56. The monoisotopic (exact) mass is 214 g/mol. The Bertz CT molecular complexity index is 364. The predicted molar refractivity (Wildman–Crippen MR) is 55.4 cm³/mol. The summed E-state index contributed by atoms with van der Waals surface area (Å²) >= 11 is 0. The summed E-state index contributed by atoms with van der Waals surface area (Å²) in [5.74, 6) is -1.13. The van der Waals surface area contributed by atoms with Gasteiger partial charge in [-0.3, -0.25) is 0 Å². The second-order valence-electron chi connectivity index (χ2n) is 4.95. The summed E-state index contributed by atoms with van der Waals surface area (Å²) in [4.78, 5) is 0. The summed E-state index contributed by atoms with van der Waals surface area (Å²) in [6.45, 7) is 6.82. The zero-order valence-electron chi connectivity index (χ0n) is 9.44. The van der Waals surface area contributed by atoms with Crippen LogP contribution in [0, 0.1) is 17.0 Å². The molecule has 0 bridgehead atoms. The van der Waals surface area contributed by atoms with E-state index in [9.17, 15) is 13.9 Å². The molecule has 1 rings (SSSR count). The number of halogens is 2. The van der Waals surface area contributed by atoms with Gasteiger partial charge in [0.1, 0.15) is 11.6 Å². The molecule has 0 aliphatic carbocycles. The molecule has 0 saturated heterocycles. The van der Waals surface area contributed by atoms with E-state index in [4.69, 9.17) is 0 Å². The van der Waals surface area contributed by atoms with Gasteiger partial charge >= 0.3 is 0 Å². The quantitative estimate of drug-likeness (QED) is 0.761. The van der Waals surface area contributed by atoms with E-state index in [0.717, 1.165) is 18.2 Å². The number of aliphatic hydroxyl groups is 1. The molecule has 3 heteroatoms. The maximum Gasteiger partial charge on any atom is 0.129 e. The normalized spacial score (nSPS) is 16.2. The van der Waals surface area contributed by atoms with Crippen LogP contribution in [0.5, 0.6) is 0 Å². The second-order valence-corrected chi connectivity index (χ2v) is 4.95. The van der Waals surface area contributed by atoms with Gasteiger partial charge in [-0.2, -0.15) is 0 Å². The van der Waals surface area contributed by atoms with Gasteiger partial charge in [-0.05, 0) is 30.5 Å². The average Bonchev–Trinajstić information content (AvgIpc) is 2.07. The molecular weight excluding hydrogens is 198 g/mol. The maximum absolute atomic E-state index is 13.5. The Hall–Kier alpha value is -0.960. The summed E-state index contributed by atoms with van der Waals surface area (Å²) < 4.78 is 26.5. The van der Waals surface area contributed by atoms with Crippen molar-refractivity contribution in [2.75, 3.05) is 0 Å². The van der Waals surface area contributed by atoms with Gasteiger partial charge in [0.25, 0.3) is 0 Å². The fourth-order valence-electron chi connectivity index (χ4n) is 1.27. The molecule has 1 aromatic carbocycles. The lowest BCUT2D eigenvalue weighted by atomic mass is 9.73. The molecule has 0 aromatic heterocycles. The zero-order chi connectivity index (χ0) is 11.9. The molecule has 1 unspecified atom stereocenters. The van der Waals surface area contributed by atoms with Gasteiger partial charge in [0.05, 0.1) is 5.60 Å². The molecule has 0 aliphatic rings. The maximum atomic E-state index is 13.5. The predicted octanol–water partition coefficient (Wildman–Crippen LogP) is 3.22. The Labute approximate surface area is 88.7 Å². The minimum Gasteiger partial charge on any atom is -0.385 e. The standard InChI is InChI=1S/C12H16F2O/c1-11(2,3)12(4,15)9-7-8(13)5-6-10(9)14/h5-7,15H,1-4H3.